The van der Waals surface area contributed by atoms with Gasteiger partial charge in [0, 0.05) is 30.0 Å². The minimum atomic E-state index is 0.816. The van der Waals surface area contributed by atoms with Gasteiger partial charge in [-0.05, 0) is 49.1 Å². The van der Waals surface area contributed by atoms with Gasteiger partial charge in [-0.2, -0.15) is 0 Å². The van der Waals surface area contributed by atoms with Crippen LogP contribution < -0.4 is 0 Å². The highest BCUT2D eigenvalue weighted by Gasteiger charge is 2.18. The number of pyridine rings is 1. The number of halogens is 1. The lowest BCUT2D eigenvalue weighted by Crippen LogP contribution is -2.35. The molecule has 1 atom stereocenters. The number of aromatic nitrogens is 1. The Labute approximate surface area is 123 Å². The zero-order valence-corrected chi connectivity index (χ0v) is 12.6. The van der Waals surface area contributed by atoms with Crippen molar-refractivity contribution in [3.63, 3.8) is 0 Å². The van der Waals surface area contributed by atoms with Gasteiger partial charge in [-0.1, -0.05) is 28.1 Å². The van der Waals surface area contributed by atoms with Gasteiger partial charge in [0.15, 0.2) is 0 Å². The molecule has 0 radical (unpaired) electrons. The smallest absolute Gasteiger partial charge is 0.0702 e. The van der Waals surface area contributed by atoms with E-state index in [2.05, 4.69) is 50.1 Å². The Hall–Kier alpha value is -0.930. The van der Waals surface area contributed by atoms with Gasteiger partial charge < -0.3 is 0 Å². The molecule has 2 nitrogen and oxygen atoms in total. The van der Waals surface area contributed by atoms with Crippen molar-refractivity contribution < 1.29 is 0 Å². The molecule has 3 heteroatoms. The number of nitrogens with zero attached hydrogens (tertiary/aromatic N) is 2. The summed E-state index contributed by atoms with van der Waals surface area (Å²) >= 11 is 3.62. The Morgan fingerprint density at radius 3 is 3.16 bits per heavy atom. The van der Waals surface area contributed by atoms with Crippen molar-refractivity contribution in [2.24, 2.45) is 5.92 Å². The normalized spacial score (nSPS) is 20.8. The van der Waals surface area contributed by atoms with E-state index in [1.54, 1.807) is 0 Å². The van der Waals surface area contributed by atoms with E-state index in [0.717, 1.165) is 23.3 Å². The average Bonchev–Trinajstić information content (AvgIpc) is 2.47. The van der Waals surface area contributed by atoms with Crippen molar-refractivity contribution in [1.82, 2.24) is 9.88 Å². The molecule has 19 heavy (non-hydrogen) atoms. The molecule has 1 unspecified atom stereocenters. The highest BCUT2D eigenvalue weighted by Crippen LogP contribution is 2.21. The van der Waals surface area contributed by atoms with Crippen LogP contribution in [0.4, 0.5) is 0 Å². The number of fused-ring (bicyclic) bond motifs is 1. The third-order valence-electron chi connectivity index (χ3n) is 3.89. The fourth-order valence-corrected chi connectivity index (χ4v) is 3.43. The Bertz CT molecular complexity index is 555. The Morgan fingerprint density at radius 2 is 2.26 bits per heavy atom. The number of benzene rings is 1. The average molecular weight is 319 g/mol. The molecule has 2 aromatic rings. The lowest BCUT2D eigenvalue weighted by molar-refractivity contribution is 0.179. The quantitative estimate of drug-likeness (QED) is 0.799. The fourth-order valence-electron chi connectivity index (χ4n) is 2.90. The van der Waals surface area contributed by atoms with Crippen LogP contribution in [0.2, 0.25) is 0 Å². The van der Waals surface area contributed by atoms with Crippen molar-refractivity contribution in [2.45, 2.75) is 19.4 Å². The van der Waals surface area contributed by atoms with E-state index in [-0.39, 0.29) is 0 Å². The monoisotopic (exact) mass is 318 g/mol. The van der Waals surface area contributed by atoms with E-state index in [1.807, 2.05) is 12.3 Å². The summed E-state index contributed by atoms with van der Waals surface area (Å²) < 4.78 is 0. The fraction of sp³-hybridized carbons (Fsp3) is 0.438. The van der Waals surface area contributed by atoms with E-state index in [4.69, 9.17) is 0 Å². The third-order valence-corrected chi connectivity index (χ3v) is 4.81. The van der Waals surface area contributed by atoms with Gasteiger partial charge in [0.05, 0.1) is 5.52 Å². The standard InChI is InChI=1S/C16H19BrN2/c17-10-14-3-2-8-19(12-14)11-13-5-6-16-15(9-13)4-1-7-18-16/h1,4-7,9,14H,2-3,8,10-12H2. The van der Waals surface area contributed by atoms with Crippen molar-refractivity contribution >= 4 is 26.8 Å². The maximum absolute atomic E-state index is 4.37. The highest BCUT2D eigenvalue weighted by molar-refractivity contribution is 9.09. The van der Waals surface area contributed by atoms with Crippen LogP contribution in [0.25, 0.3) is 10.9 Å². The highest BCUT2D eigenvalue weighted by atomic mass is 79.9. The number of rotatable bonds is 3. The first-order chi connectivity index (χ1) is 9.35. The SMILES string of the molecule is BrCC1CCCN(Cc2ccc3ncccc3c2)C1. The zero-order chi connectivity index (χ0) is 13.1. The molecular formula is C16H19BrN2. The van der Waals surface area contributed by atoms with Crippen molar-refractivity contribution in [2.75, 3.05) is 18.4 Å². The lowest BCUT2D eigenvalue weighted by atomic mass is 9.99. The molecule has 1 saturated heterocycles. The van der Waals surface area contributed by atoms with E-state index in [9.17, 15) is 0 Å². The van der Waals surface area contributed by atoms with Crippen LogP contribution in [0.3, 0.4) is 0 Å². The van der Waals surface area contributed by atoms with E-state index in [0.29, 0.717) is 0 Å². The zero-order valence-electron chi connectivity index (χ0n) is 11.1. The first-order valence-electron chi connectivity index (χ1n) is 6.97. The van der Waals surface area contributed by atoms with Crippen molar-refractivity contribution in [3.8, 4) is 0 Å². The summed E-state index contributed by atoms with van der Waals surface area (Å²) in [4.78, 5) is 6.95. The van der Waals surface area contributed by atoms with Crippen molar-refractivity contribution in [3.05, 3.63) is 42.1 Å². The van der Waals surface area contributed by atoms with E-state index < -0.39 is 0 Å². The molecule has 1 aliphatic rings. The number of piperidine rings is 1. The molecule has 0 amide bonds. The molecule has 0 aliphatic carbocycles. The summed E-state index contributed by atoms with van der Waals surface area (Å²) in [5.74, 6) is 0.816. The molecular weight excluding hydrogens is 300 g/mol. The second-order valence-electron chi connectivity index (χ2n) is 5.43. The Kier molecular flexibility index (Phi) is 4.14. The van der Waals surface area contributed by atoms with Crippen LogP contribution in [0.1, 0.15) is 18.4 Å². The van der Waals surface area contributed by atoms with Gasteiger partial charge in [0.1, 0.15) is 0 Å². The van der Waals surface area contributed by atoms with Crippen LogP contribution in [-0.2, 0) is 6.54 Å². The second kappa shape index (κ2) is 6.02. The topological polar surface area (TPSA) is 16.1 Å². The first kappa shape index (κ1) is 13.1. The number of hydrogen-bond acceptors (Lipinski definition) is 2. The maximum Gasteiger partial charge on any atom is 0.0702 e. The Morgan fingerprint density at radius 1 is 1.32 bits per heavy atom. The predicted octanol–water partition coefficient (Wildman–Crippen LogP) is 3.84. The summed E-state index contributed by atoms with van der Waals surface area (Å²) in [5.41, 5.74) is 2.49. The van der Waals surface area contributed by atoms with Crippen LogP contribution in [0, 0.1) is 5.92 Å². The minimum Gasteiger partial charge on any atom is -0.299 e. The van der Waals surface area contributed by atoms with E-state index in [1.165, 1.54) is 36.9 Å². The van der Waals surface area contributed by atoms with Crippen LogP contribution in [-0.4, -0.2) is 28.3 Å². The predicted molar refractivity (Wildman–Crippen MR) is 83.5 cm³/mol. The molecule has 1 aromatic carbocycles. The number of likely N-dealkylation sites (tertiary alicyclic amines) is 1. The molecule has 0 bridgehead atoms. The third kappa shape index (κ3) is 3.15. The molecule has 0 spiro atoms. The maximum atomic E-state index is 4.37. The van der Waals surface area contributed by atoms with Gasteiger partial charge in [0.25, 0.3) is 0 Å². The lowest BCUT2D eigenvalue weighted by Gasteiger charge is -2.31. The molecule has 3 rings (SSSR count). The molecule has 1 aromatic heterocycles. The molecule has 0 saturated carbocycles. The number of alkyl halides is 1. The summed E-state index contributed by atoms with van der Waals surface area (Å²) in [6.45, 7) is 3.51. The first-order valence-corrected chi connectivity index (χ1v) is 8.09. The minimum absolute atomic E-state index is 0.816. The molecule has 1 fully saturated rings. The molecule has 1 aliphatic heterocycles. The molecule has 0 N–H and O–H groups in total. The molecule has 2 heterocycles. The summed E-state index contributed by atoms with van der Waals surface area (Å²) in [5, 5.41) is 2.37. The molecule has 100 valence electrons. The van der Waals surface area contributed by atoms with Crippen molar-refractivity contribution in [1.29, 1.82) is 0 Å². The summed E-state index contributed by atoms with van der Waals surface area (Å²) in [6.07, 6.45) is 4.54. The van der Waals surface area contributed by atoms with Gasteiger partial charge in [-0.15, -0.1) is 0 Å². The number of hydrogen-bond donors (Lipinski definition) is 0. The van der Waals surface area contributed by atoms with Gasteiger partial charge in [0.2, 0.25) is 0 Å². The second-order valence-corrected chi connectivity index (χ2v) is 6.08. The van der Waals surface area contributed by atoms with Crippen LogP contribution in [0.5, 0.6) is 0 Å². The van der Waals surface area contributed by atoms with Gasteiger partial charge in [-0.25, -0.2) is 0 Å². The summed E-state index contributed by atoms with van der Waals surface area (Å²) in [7, 11) is 0. The summed E-state index contributed by atoms with van der Waals surface area (Å²) in [6, 6.07) is 10.8. The van der Waals surface area contributed by atoms with E-state index >= 15 is 0 Å². The van der Waals surface area contributed by atoms with Crippen LogP contribution >= 0.6 is 15.9 Å². The van der Waals surface area contributed by atoms with Crippen LogP contribution in [0.15, 0.2) is 36.5 Å². The van der Waals surface area contributed by atoms with Gasteiger partial charge in [-0.3, -0.25) is 9.88 Å². The largest absolute Gasteiger partial charge is 0.299 e. The Balaban J connectivity index is 1.74. The van der Waals surface area contributed by atoms with Gasteiger partial charge >= 0.3 is 0 Å².